The first-order valence-corrected chi connectivity index (χ1v) is 42.0. The molecule has 11 amide bonds. The van der Waals surface area contributed by atoms with E-state index in [1.54, 1.807) is 0 Å². The predicted molar refractivity (Wildman–Crippen MR) is 413 cm³/mol. The Morgan fingerprint density at radius 3 is 1.00 bits per heavy atom. The highest BCUT2D eigenvalue weighted by Crippen LogP contribution is 2.42. The quantitative estimate of drug-likeness (QED) is 0.0199. The van der Waals surface area contributed by atoms with Gasteiger partial charge in [-0.3, -0.25) is 61.8 Å². The van der Waals surface area contributed by atoms with Gasteiger partial charge in [0, 0.05) is 125 Å². The van der Waals surface area contributed by atoms with Gasteiger partial charge in [-0.1, -0.05) is 12.8 Å². The number of aliphatic hydroxyl groups excluding tert-OH is 9. The molecule has 0 aliphatic carbocycles. The number of ether oxygens (including phenoxy) is 9. The zero-order valence-electron chi connectivity index (χ0n) is 68.1. The van der Waals surface area contributed by atoms with Gasteiger partial charge in [0.05, 0.1) is 66.1 Å². The van der Waals surface area contributed by atoms with Crippen LogP contribution in [0.1, 0.15) is 162 Å². The van der Waals surface area contributed by atoms with Gasteiger partial charge in [-0.05, 0) is 89.9 Å². The average molecular weight is 1720 g/mol. The molecule has 118 heavy (non-hydrogen) atoms. The van der Waals surface area contributed by atoms with Crippen LogP contribution in [0.2, 0.25) is 0 Å². The number of hydrogen-bond donors (Lipinski definition) is 21. The van der Waals surface area contributed by atoms with Crippen LogP contribution in [0.4, 0.5) is 0 Å². The monoisotopic (exact) mass is 1720 g/mol. The molecule has 16 unspecified atom stereocenters. The van der Waals surface area contributed by atoms with Gasteiger partial charge < -0.3 is 152 Å². The maximum absolute atomic E-state index is 14.3. The highest BCUT2D eigenvalue weighted by Gasteiger charge is 2.48. The molecule has 21 N–H and O–H groups in total. The van der Waals surface area contributed by atoms with Gasteiger partial charge in [-0.15, -0.1) is 0 Å². The van der Waals surface area contributed by atoms with Crippen LogP contribution < -0.4 is 58.5 Å². The summed E-state index contributed by atoms with van der Waals surface area (Å²) in [7, 11) is -3.10. The van der Waals surface area contributed by atoms with E-state index in [-0.39, 0.29) is 206 Å². The van der Waals surface area contributed by atoms with E-state index >= 15 is 0 Å². The van der Waals surface area contributed by atoms with E-state index in [1.165, 1.54) is 20.8 Å². The summed E-state index contributed by atoms with van der Waals surface area (Å²) in [6.07, 6.45) is -10.7. The second-order valence-electron chi connectivity index (χ2n) is 28.5. The molecule has 44 nitrogen and oxygen atoms in total. The molecule has 0 aromatic rings. The van der Waals surface area contributed by atoms with Crippen LogP contribution >= 0.6 is 7.82 Å². The summed E-state index contributed by atoms with van der Waals surface area (Å²) in [5.74, 6) is -5.00. The number of amides is 11. The van der Waals surface area contributed by atoms with Crippen molar-refractivity contribution in [1.82, 2.24) is 58.5 Å². The van der Waals surface area contributed by atoms with Gasteiger partial charge in [0.15, 0.2) is 18.9 Å². The lowest BCUT2D eigenvalue weighted by Gasteiger charge is -2.42. The molecular weight excluding hydrogens is 1590 g/mol. The lowest BCUT2D eigenvalue weighted by Crippen LogP contribution is -2.64. The van der Waals surface area contributed by atoms with Crippen LogP contribution in [0.25, 0.3) is 0 Å². The summed E-state index contributed by atoms with van der Waals surface area (Å²) in [5, 5.41) is 120. The molecule has 45 heteroatoms. The molecule has 3 saturated heterocycles. The fourth-order valence-electron chi connectivity index (χ4n) is 12.3. The number of unbranched alkanes of at least 4 members (excludes halogenated alkanes) is 5. The summed E-state index contributed by atoms with van der Waals surface area (Å²) in [5.41, 5.74) is 0. The van der Waals surface area contributed by atoms with Crippen molar-refractivity contribution in [3.05, 3.63) is 0 Å². The van der Waals surface area contributed by atoms with E-state index in [4.69, 9.17) is 47.2 Å². The van der Waals surface area contributed by atoms with Crippen molar-refractivity contribution in [2.75, 3.05) is 132 Å². The van der Waals surface area contributed by atoms with Gasteiger partial charge in [0.2, 0.25) is 65.0 Å². The Balaban J connectivity index is 1.52. The first kappa shape index (κ1) is 106. The minimum absolute atomic E-state index is 0.0169. The molecule has 3 aliphatic heterocycles. The van der Waals surface area contributed by atoms with E-state index < -0.39 is 173 Å². The summed E-state index contributed by atoms with van der Waals surface area (Å²) < 4.78 is 71.3. The Labute approximate surface area is 687 Å². The second-order valence-corrected chi connectivity index (χ2v) is 30.0. The third-order valence-electron chi connectivity index (χ3n) is 18.7. The van der Waals surface area contributed by atoms with E-state index in [0.717, 1.165) is 7.11 Å². The Bertz CT molecular complexity index is 2980. The van der Waals surface area contributed by atoms with Gasteiger partial charge in [0.25, 0.3) is 0 Å². The number of phosphoric ester groups is 1. The Morgan fingerprint density at radius 1 is 0.347 bits per heavy atom. The molecule has 0 bridgehead atoms. The number of phosphoric acid groups is 1. The number of rotatable bonds is 65. The van der Waals surface area contributed by atoms with Crippen molar-refractivity contribution in [2.45, 2.75) is 266 Å². The largest absolute Gasteiger partial charge is 0.471 e. The highest BCUT2D eigenvalue weighted by atomic mass is 31.2. The molecule has 0 spiro atoms. The molecule has 3 aliphatic rings. The topological polar surface area (TPSA) is 641 Å². The number of aliphatic hydroxyl groups is 9. The lowest BCUT2D eigenvalue weighted by atomic mass is 9.97. The summed E-state index contributed by atoms with van der Waals surface area (Å²) in [6, 6.07) is -5.61. The Morgan fingerprint density at radius 2 is 0.661 bits per heavy atom. The third kappa shape index (κ3) is 44.9. The molecule has 0 aromatic carbocycles. The van der Waals surface area contributed by atoms with Crippen LogP contribution in [0.15, 0.2) is 0 Å². The Kier molecular flexibility index (Phi) is 55.4. The standard InChI is InChI=1S/C73H132N11O33P/c1-46(88)80-60-66(100)63(97)51(43-85)115-71(60)111-36-16-33-108-40-30-76-56(93)23-13-21-54(91)74-27-10-7-19-49(69(103)79-29-9-5-6-12-39-114-118(105,106)107-4)84-70(104)50(83-59(96)26-15-25-58(95)78-32-42-110-35-18-38-113-73-62(82-48(3)90)68(102)65(99)53(45-87)117-73)20-8-11-28-75-55(92)22-14-24-57(94)77-31-41-109-34-17-37-112-72-61(81-47(2)89)67(101)64(98)52(44-86)116-72/h49-53,60-68,71-73,85-87,97-102H,5-45H2,1-4H3,(H,74,91)(H,75,92)(H,76,93)(H,77,94)(H,78,95)(H,79,103)(H,80,88)(H,81,89)(H,82,90)(H,83,96)(H,84,104)(H,105,106)/t49-,50-,51?,52?,53?,60?,61?,62?,63?,64?,65?,66?,67?,68?,71?,72?,73?/m0/s1. The number of carbonyl (C=O) groups is 11. The average Bonchev–Trinajstić information content (AvgIpc) is 0.821. The second kappa shape index (κ2) is 61.8. The molecule has 0 saturated carbocycles. The van der Waals surface area contributed by atoms with Crippen molar-refractivity contribution >= 4 is 72.8 Å². The summed E-state index contributed by atoms with van der Waals surface area (Å²) in [4.78, 5) is 150. The van der Waals surface area contributed by atoms with Gasteiger partial charge in [0.1, 0.15) is 85.1 Å². The van der Waals surface area contributed by atoms with Gasteiger partial charge >= 0.3 is 7.82 Å². The van der Waals surface area contributed by atoms with E-state index in [9.17, 15) is 108 Å². The van der Waals surface area contributed by atoms with Crippen LogP contribution in [0.5, 0.6) is 0 Å². The third-order valence-corrected chi connectivity index (χ3v) is 19.6. The molecule has 682 valence electrons. The van der Waals surface area contributed by atoms with Crippen LogP contribution in [0.3, 0.4) is 0 Å². The highest BCUT2D eigenvalue weighted by molar-refractivity contribution is 7.47. The van der Waals surface area contributed by atoms with Gasteiger partial charge in [-0.25, -0.2) is 4.57 Å². The zero-order chi connectivity index (χ0) is 87.2. The van der Waals surface area contributed by atoms with Crippen LogP contribution in [-0.2, 0) is 109 Å². The summed E-state index contributed by atoms with van der Waals surface area (Å²) >= 11 is 0. The maximum atomic E-state index is 14.3. The molecule has 3 heterocycles. The lowest BCUT2D eigenvalue weighted by molar-refractivity contribution is -0.270. The molecule has 18 atom stereocenters. The zero-order valence-corrected chi connectivity index (χ0v) is 69.0. The minimum atomic E-state index is -4.15. The van der Waals surface area contributed by atoms with E-state index in [1.807, 2.05) is 0 Å². The molecule has 0 radical (unpaired) electrons. The van der Waals surface area contributed by atoms with Crippen molar-refractivity contribution in [3.8, 4) is 0 Å². The minimum Gasteiger partial charge on any atom is -0.394 e. The number of hydrogen-bond acceptors (Lipinski definition) is 32. The fourth-order valence-corrected chi connectivity index (χ4v) is 12.8. The molecule has 3 fully saturated rings. The van der Waals surface area contributed by atoms with E-state index in [0.29, 0.717) is 64.2 Å². The molecule has 3 rings (SSSR count). The Hall–Kier alpha value is -6.44. The molecule has 0 aromatic heterocycles. The SMILES string of the molecule is COP(=O)(O)OCCCCCCNC(=O)[C@H](CCCCNC(=O)CCCC(=O)NCCOCCCOC1OC(CO)C(O)C(O)C1NC(C)=O)NC(=O)[C@H](CCCCNC(=O)CCCC(=O)NCCOCCCOC1OC(CO)C(O)C(O)C1NC(C)=O)NC(=O)CCCC(=O)NCCOCCCOC1OC(CO)C(O)C(O)C1NC(C)=O. The first-order valence-electron chi connectivity index (χ1n) is 40.5. The van der Waals surface area contributed by atoms with Crippen molar-refractivity contribution in [3.63, 3.8) is 0 Å². The van der Waals surface area contributed by atoms with E-state index in [2.05, 4.69) is 63.0 Å². The number of nitrogens with one attached hydrogen (secondary N) is 11. The first-order chi connectivity index (χ1) is 56.4. The number of carbonyl (C=O) groups excluding carboxylic acids is 11. The van der Waals surface area contributed by atoms with Crippen molar-refractivity contribution in [2.24, 2.45) is 0 Å². The van der Waals surface area contributed by atoms with Crippen molar-refractivity contribution < 1.29 is 160 Å². The normalized spacial score (nSPS) is 24.0. The maximum Gasteiger partial charge on any atom is 0.471 e. The summed E-state index contributed by atoms with van der Waals surface area (Å²) in [6.45, 7) is 4.04. The van der Waals surface area contributed by atoms with Crippen molar-refractivity contribution in [1.29, 1.82) is 0 Å². The predicted octanol–water partition coefficient (Wildman–Crippen LogP) is -6.07. The fraction of sp³-hybridized carbons (Fsp3) is 0.849. The van der Waals surface area contributed by atoms with Crippen LogP contribution in [-0.4, -0.2) is 352 Å². The van der Waals surface area contributed by atoms with Gasteiger partial charge in [-0.2, -0.15) is 0 Å². The van der Waals surface area contributed by atoms with Crippen LogP contribution in [0, 0.1) is 0 Å². The smallest absolute Gasteiger partial charge is 0.394 e. The molecular formula is C73H132N11O33P.